The Balaban J connectivity index is 1.47. The van der Waals surface area contributed by atoms with E-state index in [1.807, 2.05) is 0 Å². The predicted octanol–water partition coefficient (Wildman–Crippen LogP) is 5.23. The number of benzene rings is 1. The molecule has 1 amide bonds. The van der Waals surface area contributed by atoms with Crippen molar-refractivity contribution in [1.82, 2.24) is 19.9 Å². The molecule has 0 aliphatic carbocycles. The molecule has 1 fully saturated rings. The monoisotopic (exact) mass is 593 g/mol. The standard InChI is InChI=1S/C27H31F3N5O5P/c1-16-17-6-5-7-19(27(28,29)30)22(17)38-10-11-39-24-33-20-15-31-21(14-18(20)23(32-16)34-24)41(37)12-8-35(9-13-41)25(36)40-26(2,3)4/h5-7,14-16H,8-13H2,1-4H3,(H,32,33,34)/t16-/m1/s1. The molecule has 0 saturated carbocycles. The van der Waals surface area contributed by atoms with Gasteiger partial charge in [-0.05, 0) is 39.8 Å². The number of rotatable bonds is 1. The lowest BCUT2D eigenvalue weighted by Gasteiger charge is -2.33. The quantitative estimate of drug-likeness (QED) is 0.379. The largest absolute Gasteiger partial charge is 0.489 e. The van der Waals surface area contributed by atoms with Crippen LogP contribution in [-0.4, -0.2) is 70.2 Å². The number of pyridine rings is 1. The molecule has 1 aromatic carbocycles. The molecule has 2 aliphatic rings. The van der Waals surface area contributed by atoms with Gasteiger partial charge in [-0.3, -0.25) is 4.98 Å². The van der Waals surface area contributed by atoms with E-state index in [9.17, 15) is 22.5 Å². The van der Waals surface area contributed by atoms with Crippen LogP contribution < -0.4 is 20.2 Å². The molecule has 0 unspecified atom stereocenters. The van der Waals surface area contributed by atoms with Crippen molar-refractivity contribution in [1.29, 1.82) is 0 Å². The first kappa shape index (κ1) is 28.9. The zero-order valence-electron chi connectivity index (χ0n) is 23.1. The van der Waals surface area contributed by atoms with Gasteiger partial charge in [0, 0.05) is 36.4 Å². The molecular weight excluding hydrogens is 562 g/mol. The first-order valence-electron chi connectivity index (χ1n) is 13.2. The van der Waals surface area contributed by atoms with Gasteiger partial charge in [0.2, 0.25) is 0 Å². The molecule has 0 spiro atoms. The molecule has 3 aromatic rings. The molecule has 5 rings (SSSR count). The molecule has 4 heterocycles. The Morgan fingerprint density at radius 1 is 1.12 bits per heavy atom. The van der Waals surface area contributed by atoms with Gasteiger partial charge in [0.1, 0.15) is 43.0 Å². The number of hydrogen-bond acceptors (Lipinski definition) is 9. The second kappa shape index (κ2) is 10.7. The summed E-state index contributed by atoms with van der Waals surface area (Å²) in [5.74, 6) is 0.0183. The van der Waals surface area contributed by atoms with Crippen LogP contribution in [0.3, 0.4) is 0 Å². The second-order valence-electron chi connectivity index (χ2n) is 11.0. The van der Waals surface area contributed by atoms with Crippen LogP contribution in [0, 0.1) is 0 Å². The third kappa shape index (κ3) is 6.19. The van der Waals surface area contributed by atoms with E-state index < -0.39 is 36.6 Å². The number of carbonyl (C=O) groups excluding carboxylic acids is 1. The number of nitrogens with zero attached hydrogens (tertiary/aromatic N) is 4. The Hall–Kier alpha value is -3.60. The van der Waals surface area contributed by atoms with Gasteiger partial charge in [-0.2, -0.15) is 23.1 Å². The average molecular weight is 594 g/mol. The zero-order valence-corrected chi connectivity index (χ0v) is 24.0. The maximum Gasteiger partial charge on any atom is 0.419 e. The average Bonchev–Trinajstić information content (AvgIpc) is 2.91. The molecule has 1 saturated heterocycles. The molecule has 2 aliphatic heterocycles. The first-order valence-corrected chi connectivity index (χ1v) is 15.3. The number of ether oxygens (including phenoxy) is 3. The minimum absolute atomic E-state index is 0.00431. The van der Waals surface area contributed by atoms with Crippen LogP contribution in [0.4, 0.5) is 23.8 Å². The van der Waals surface area contributed by atoms with Gasteiger partial charge in [-0.1, -0.05) is 12.1 Å². The first-order chi connectivity index (χ1) is 19.2. The van der Waals surface area contributed by atoms with Crippen molar-refractivity contribution in [2.45, 2.75) is 45.5 Å². The van der Waals surface area contributed by atoms with Crippen molar-refractivity contribution < 1.29 is 36.7 Å². The lowest BCUT2D eigenvalue weighted by Crippen LogP contribution is -2.43. The van der Waals surface area contributed by atoms with E-state index in [4.69, 9.17) is 14.2 Å². The topological polar surface area (TPSA) is 116 Å². The number of amides is 1. The second-order valence-corrected chi connectivity index (χ2v) is 14.1. The summed E-state index contributed by atoms with van der Waals surface area (Å²) in [6.07, 6.45) is -3.11. The van der Waals surface area contributed by atoms with Crippen LogP contribution in [-0.2, 0) is 15.5 Å². The minimum atomic E-state index is -4.61. The van der Waals surface area contributed by atoms with Crippen molar-refractivity contribution in [3.8, 4) is 11.8 Å². The third-order valence-corrected chi connectivity index (χ3v) is 9.73. The number of para-hydroxylation sites is 1. The molecule has 14 heteroatoms. The van der Waals surface area contributed by atoms with Gasteiger partial charge in [-0.15, -0.1) is 0 Å². The highest BCUT2D eigenvalue weighted by Gasteiger charge is 2.37. The van der Waals surface area contributed by atoms with Gasteiger partial charge < -0.3 is 29.0 Å². The number of nitrogens with one attached hydrogen (secondary N) is 1. The predicted molar refractivity (Wildman–Crippen MR) is 147 cm³/mol. The van der Waals surface area contributed by atoms with Crippen LogP contribution >= 0.6 is 7.14 Å². The van der Waals surface area contributed by atoms with Gasteiger partial charge in [0.05, 0.1) is 23.3 Å². The van der Waals surface area contributed by atoms with Crippen LogP contribution in [0.5, 0.6) is 11.8 Å². The van der Waals surface area contributed by atoms with E-state index in [1.54, 1.807) is 44.7 Å². The van der Waals surface area contributed by atoms with E-state index in [0.717, 1.165) is 6.07 Å². The Kier molecular flexibility index (Phi) is 7.52. The molecule has 41 heavy (non-hydrogen) atoms. The van der Waals surface area contributed by atoms with Gasteiger partial charge in [-0.25, -0.2) is 4.79 Å². The van der Waals surface area contributed by atoms with E-state index in [1.165, 1.54) is 12.3 Å². The minimum Gasteiger partial charge on any atom is -0.489 e. The summed E-state index contributed by atoms with van der Waals surface area (Å²) in [6, 6.07) is 4.88. The van der Waals surface area contributed by atoms with Crippen molar-refractivity contribution in [2.24, 2.45) is 0 Å². The van der Waals surface area contributed by atoms with E-state index in [-0.39, 0.29) is 50.4 Å². The molecule has 2 aromatic heterocycles. The number of halogens is 3. The van der Waals surface area contributed by atoms with Crippen molar-refractivity contribution in [3.63, 3.8) is 0 Å². The van der Waals surface area contributed by atoms with Gasteiger partial charge in [0.25, 0.3) is 0 Å². The summed E-state index contributed by atoms with van der Waals surface area (Å²) in [5.41, 5.74) is -0.438. The number of carbonyl (C=O) groups is 1. The maximum atomic E-state index is 14.0. The summed E-state index contributed by atoms with van der Waals surface area (Å²) in [5, 5.41) is 3.67. The van der Waals surface area contributed by atoms with Crippen molar-refractivity contribution >= 4 is 35.4 Å². The number of alkyl halides is 3. The lowest BCUT2D eigenvalue weighted by molar-refractivity contribution is -0.139. The Morgan fingerprint density at radius 3 is 2.51 bits per heavy atom. The summed E-state index contributed by atoms with van der Waals surface area (Å²) in [6.45, 7) is 7.35. The highest BCUT2D eigenvalue weighted by molar-refractivity contribution is 7.71. The maximum absolute atomic E-state index is 14.0. The van der Waals surface area contributed by atoms with Crippen LogP contribution in [0.25, 0.3) is 10.9 Å². The lowest BCUT2D eigenvalue weighted by atomic mass is 10.0. The Bertz CT molecular complexity index is 1520. The summed E-state index contributed by atoms with van der Waals surface area (Å²) in [7, 11) is -2.98. The summed E-state index contributed by atoms with van der Waals surface area (Å²) < 4.78 is 71.9. The van der Waals surface area contributed by atoms with Crippen LogP contribution in [0.2, 0.25) is 0 Å². The third-order valence-electron chi connectivity index (χ3n) is 6.81. The zero-order chi connectivity index (χ0) is 29.6. The van der Waals surface area contributed by atoms with Crippen molar-refractivity contribution in [3.05, 3.63) is 41.6 Å². The number of aromatic nitrogens is 3. The highest BCUT2D eigenvalue weighted by Crippen LogP contribution is 2.47. The smallest absolute Gasteiger partial charge is 0.419 e. The summed E-state index contributed by atoms with van der Waals surface area (Å²) >= 11 is 0. The van der Waals surface area contributed by atoms with Gasteiger partial charge in [0.15, 0.2) is 0 Å². The Labute approximate surface area is 235 Å². The molecule has 1 N–H and O–H groups in total. The molecule has 220 valence electrons. The SMILES string of the molecule is C[C@H]1Nc2nc(nc3cnc(P4(=O)CCN(C(=O)OC(C)(C)C)CC4)cc23)OCCOc2c1cccc2C(F)(F)F. The van der Waals surface area contributed by atoms with Gasteiger partial charge >= 0.3 is 18.3 Å². The molecule has 0 radical (unpaired) electrons. The van der Waals surface area contributed by atoms with Crippen molar-refractivity contribution in [2.75, 3.05) is 43.9 Å². The van der Waals surface area contributed by atoms with E-state index in [2.05, 4.69) is 20.3 Å². The fourth-order valence-electron chi connectivity index (χ4n) is 4.76. The fraction of sp³-hybridized carbons (Fsp3) is 0.481. The number of hydrogen-bond donors (Lipinski definition) is 1. The van der Waals surface area contributed by atoms with Crippen LogP contribution in [0.15, 0.2) is 30.5 Å². The fourth-order valence-corrected chi connectivity index (χ4v) is 7.21. The molecule has 10 nitrogen and oxygen atoms in total. The molecular formula is C27H31F3N5O5P. The Morgan fingerprint density at radius 2 is 1.83 bits per heavy atom. The normalized spacial score (nSPS) is 19.2. The molecule has 2 bridgehead atoms. The summed E-state index contributed by atoms with van der Waals surface area (Å²) in [4.78, 5) is 27.3. The number of anilines is 1. The molecule has 1 atom stereocenters. The number of fused-ring (bicyclic) bond motifs is 5. The van der Waals surface area contributed by atoms with E-state index in [0.29, 0.717) is 27.7 Å². The highest BCUT2D eigenvalue weighted by atomic mass is 31.2. The van der Waals surface area contributed by atoms with E-state index >= 15 is 0 Å². The van der Waals surface area contributed by atoms with Crippen LogP contribution in [0.1, 0.15) is 44.9 Å².